The third-order valence-corrected chi connectivity index (χ3v) is 5.44. The number of aromatic amines is 1. The van der Waals surface area contributed by atoms with E-state index in [1.54, 1.807) is 0 Å². The van der Waals surface area contributed by atoms with Crippen LogP contribution in [-0.2, 0) is 17.3 Å². The summed E-state index contributed by atoms with van der Waals surface area (Å²) in [5.74, 6) is 0.379. The molecule has 3 rings (SSSR count). The largest absolute Gasteiger partial charge is 0.507 e. The van der Waals surface area contributed by atoms with E-state index in [1.165, 1.54) is 11.3 Å². The van der Waals surface area contributed by atoms with Crippen molar-refractivity contribution in [2.24, 2.45) is 0 Å². The third-order valence-electron chi connectivity index (χ3n) is 4.59. The van der Waals surface area contributed by atoms with Gasteiger partial charge >= 0.3 is 0 Å². The molecule has 2 heterocycles. The molecule has 0 bridgehead atoms. The van der Waals surface area contributed by atoms with Crippen molar-refractivity contribution in [3.8, 4) is 23.2 Å². The number of phenols is 1. The highest BCUT2D eigenvalue weighted by Crippen LogP contribution is 2.40. The summed E-state index contributed by atoms with van der Waals surface area (Å²) in [7, 11) is 0. The first-order valence-corrected chi connectivity index (χ1v) is 10.0. The molecule has 0 radical (unpaired) electrons. The van der Waals surface area contributed by atoms with Gasteiger partial charge in [0.15, 0.2) is 5.69 Å². The smallest absolute Gasteiger partial charge is 0.192 e. The lowest BCUT2D eigenvalue weighted by Crippen LogP contribution is -2.18. The number of phenolic OH excluding ortho intramolecular Hbond substituents is 1. The number of rotatable bonds is 3. The number of aromatic hydroxyl groups is 1. The number of thiazole rings is 1. The summed E-state index contributed by atoms with van der Waals surface area (Å²) in [6.07, 6.45) is 0.650. The topological polar surface area (TPSA) is 98.5 Å². The van der Waals surface area contributed by atoms with Crippen LogP contribution in [0, 0.1) is 11.3 Å². The number of aromatic nitrogens is 4. The average molecular weight is 396 g/mol. The Morgan fingerprint density at radius 1 is 1.07 bits per heavy atom. The number of nitrogens with zero attached hydrogens (tertiary/aromatic N) is 4. The van der Waals surface area contributed by atoms with Crippen molar-refractivity contribution in [2.45, 2.75) is 58.8 Å². The number of hydrogen-bond donors (Lipinski definition) is 2. The van der Waals surface area contributed by atoms with Gasteiger partial charge < -0.3 is 5.11 Å². The molecule has 2 aromatic heterocycles. The maximum atomic E-state index is 10.9. The molecule has 1 aromatic carbocycles. The molecule has 0 aliphatic heterocycles. The van der Waals surface area contributed by atoms with E-state index in [1.807, 2.05) is 11.4 Å². The Kier molecular flexibility index (Phi) is 5.02. The fourth-order valence-electron chi connectivity index (χ4n) is 3.10. The van der Waals surface area contributed by atoms with E-state index in [9.17, 15) is 5.11 Å². The molecule has 0 spiro atoms. The van der Waals surface area contributed by atoms with Gasteiger partial charge in [0.05, 0.1) is 5.01 Å². The zero-order chi connectivity index (χ0) is 20.7. The van der Waals surface area contributed by atoms with Crippen molar-refractivity contribution >= 4 is 11.3 Å². The number of H-pyrrole nitrogens is 1. The van der Waals surface area contributed by atoms with Crippen molar-refractivity contribution in [2.75, 3.05) is 0 Å². The molecule has 3 aromatic rings. The summed E-state index contributed by atoms with van der Waals surface area (Å²) in [5.41, 5.74) is 4.01. The Balaban J connectivity index is 2.00. The molecule has 146 valence electrons. The van der Waals surface area contributed by atoms with E-state index in [2.05, 4.69) is 74.1 Å². The highest BCUT2D eigenvalue weighted by molar-refractivity contribution is 7.10. The second-order valence-corrected chi connectivity index (χ2v) is 9.92. The highest BCUT2D eigenvalue weighted by atomic mass is 32.1. The van der Waals surface area contributed by atoms with Gasteiger partial charge in [-0.2, -0.15) is 15.6 Å². The maximum absolute atomic E-state index is 10.9. The number of hydrogen-bond acceptors (Lipinski definition) is 6. The molecule has 0 fully saturated rings. The lowest BCUT2D eigenvalue weighted by atomic mass is 9.78. The lowest BCUT2D eigenvalue weighted by molar-refractivity contribution is 0.423. The molecule has 0 aliphatic carbocycles. The predicted octanol–water partition coefficient (Wildman–Crippen LogP) is 4.69. The summed E-state index contributed by atoms with van der Waals surface area (Å²) < 4.78 is 0. The van der Waals surface area contributed by atoms with Crippen LogP contribution in [0.15, 0.2) is 17.5 Å². The molecule has 0 saturated heterocycles. The SMILES string of the molecule is CC(C)(C)c1cc(Cc2nc(-c3n[nH]nc3C#N)cs2)cc(C(C)(C)C)c1O. The molecule has 0 amide bonds. The zero-order valence-corrected chi connectivity index (χ0v) is 17.9. The van der Waals surface area contributed by atoms with Crippen molar-refractivity contribution in [1.82, 2.24) is 20.4 Å². The van der Waals surface area contributed by atoms with E-state index in [0.29, 0.717) is 23.6 Å². The van der Waals surface area contributed by atoms with Crippen LogP contribution in [0.1, 0.15) is 68.9 Å². The first kappa shape index (κ1) is 20.0. The Hall–Kier alpha value is -2.72. The molecule has 2 N–H and O–H groups in total. The monoisotopic (exact) mass is 395 g/mol. The van der Waals surface area contributed by atoms with Crippen LogP contribution in [-0.4, -0.2) is 25.5 Å². The fraction of sp³-hybridized carbons (Fsp3) is 0.429. The van der Waals surface area contributed by atoms with E-state index < -0.39 is 0 Å². The van der Waals surface area contributed by atoms with Crippen LogP contribution >= 0.6 is 11.3 Å². The van der Waals surface area contributed by atoms with Crippen molar-refractivity contribution in [1.29, 1.82) is 5.26 Å². The molecule has 28 heavy (non-hydrogen) atoms. The summed E-state index contributed by atoms with van der Waals surface area (Å²) in [4.78, 5) is 4.65. The van der Waals surface area contributed by atoms with Crippen molar-refractivity contribution in [3.63, 3.8) is 0 Å². The third kappa shape index (κ3) is 3.92. The Bertz CT molecular complexity index is 1010. The van der Waals surface area contributed by atoms with Gasteiger partial charge in [0.1, 0.15) is 23.2 Å². The Labute approximate surface area is 169 Å². The molecule has 6 nitrogen and oxygen atoms in total. The minimum absolute atomic E-state index is 0.170. The number of nitrogens with one attached hydrogen (secondary N) is 1. The standard InChI is InChI=1S/C21H25N5OS/c1-20(2,3)13-7-12(8-14(19(13)27)21(4,5)6)9-17-23-16(11-28-17)18-15(10-22)24-26-25-18/h7-8,11,27H,9H2,1-6H3,(H,24,25,26). The second-order valence-electron chi connectivity index (χ2n) is 8.98. The Morgan fingerprint density at radius 2 is 1.68 bits per heavy atom. The van der Waals surface area contributed by atoms with Gasteiger partial charge in [-0.1, -0.05) is 53.7 Å². The van der Waals surface area contributed by atoms with Crippen LogP contribution in [0.2, 0.25) is 0 Å². The molecular formula is C21H25N5OS. The van der Waals surface area contributed by atoms with E-state index in [4.69, 9.17) is 5.26 Å². The molecule has 0 unspecified atom stereocenters. The molecule has 0 atom stereocenters. The maximum Gasteiger partial charge on any atom is 0.192 e. The van der Waals surface area contributed by atoms with Gasteiger partial charge in [0.25, 0.3) is 0 Å². The van der Waals surface area contributed by atoms with Gasteiger partial charge in [0.2, 0.25) is 0 Å². The van der Waals surface area contributed by atoms with Crippen LogP contribution in [0.5, 0.6) is 5.75 Å². The molecular weight excluding hydrogens is 370 g/mol. The summed E-state index contributed by atoms with van der Waals surface area (Å²) in [6, 6.07) is 6.16. The zero-order valence-electron chi connectivity index (χ0n) is 17.1. The van der Waals surface area contributed by atoms with Crippen molar-refractivity contribution < 1.29 is 5.11 Å². The molecule has 7 heteroatoms. The average Bonchev–Trinajstić information content (AvgIpc) is 3.22. The normalized spacial score (nSPS) is 12.2. The van der Waals surface area contributed by atoms with Crippen LogP contribution in [0.25, 0.3) is 11.4 Å². The quantitative estimate of drug-likeness (QED) is 0.670. The second kappa shape index (κ2) is 7.02. The van der Waals surface area contributed by atoms with Gasteiger partial charge in [-0.05, 0) is 27.5 Å². The van der Waals surface area contributed by atoms with Gasteiger partial charge in [-0.15, -0.1) is 16.4 Å². The van der Waals surface area contributed by atoms with Crippen LogP contribution in [0.4, 0.5) is 0 Å². The van der Waals surface area contributed by atoms with Crippen LogP contribution < -0.4 is 0 Å². The fourth-order valence-corrected chi connectivity index (χ4v) is 3.92. The summed E-state index contributed by atoms with van der Waals surface area (Å²) in [6.45, 7) is 12.6. The Morgan fingerprint density at radius 3 is 2.21 bits per heavy atom. The predicted molar refractivity (Wildman–Crippen MR) is 111 cm³/mol. The van der Waals surface area contributed by atoms with E-state index in [-0.39, 0.29) is 16.5 Å². The molecule has 0 saturated carbocycles. The van der Waals surface area contributed by atoms with Gasteiger partial charge in [-0.3, -0.25) is 0 Å². The minimum atomic E-state index is -0.170. The van der Waals surface area contributed by atoms with Crippen LogP contribution in [0.3, 0.4) is 0 Å². The van der Waals surface area contributed by atoms with Crippen molar-refractivity contribution in [3.05, 3.63) is 44.9 Å². The summed E-state index contributed by atoms with van der Waals surface area (Å²) >= 11 is 1.53. The number of nitriles is 1. The summed E-state index contributed by atoms with van der Waals surface area (Å²) in [5, 5.41) is 33.2. The lowest BCUT2D eigenvalue weighted by Gasteiger charge is -2.28. The van der Waals surface area contributed by atoms with E-state index in [0.717, 1.165) is 21.7 Å². The highest BCUT2D eigenvalue weighted by Gasteiger charge is 2.26. The number of benzene rings is 1. The van der Waals surface area contributed by atoms with Gasteiger partial charge in [0, 0.05) is 11.8 Å². The minimum Gasteiger partial charge on any atom is -0.507 e. The molecule has 0 aliphatic rings. The van der Waals surface area contributed by atoms with Gasteiger partial charge in [-0.25, -0.2) is 4.98 Å². The first-order valence-electron chi connectivity index (χ1n) is 9.13. The van der Waals surface area contributed by atoms with E-state index >= 15 is 0 Å². The first-order chi connectivity index (χ1) is 13.0.